The van der Waals surface area contributed by atoms with Gasteiger partial charge in [-0.25, -0.2) is 8.42 Å². The zero-order valence-corrected chi connectivity index (χ0v) is 18.5. The Kier molecular flexibility index (Phi) is 5.78. The van der Waals surface area contributed by atoms with Crippen molar-refractivity contribution in [1.29, 1.82) is 0 Å². The second kappa shape index (κ2) is 8.14. The smallest absolute Gasteiger partial charge is 0.371 e. The van der Waals surface area contributed by atoms with Gasteiger partial charge in [-0.15, -0.1) is 11.3 Å². The molecule has 1 aromatic heterocycles. The summed E-state index contributed by atoms with van der Waals surface area (Å²) in [6, 6.07) is 10.0. The van der Waals surface area contributed by atoms with Crippen molar-refractivity contribution in [3.05, 3.63) is 64.0 Å². The predicted molar refractivity (Wildman–Crippen MR) is 114 cm³/mol. The third-order valence-electron chi connectivity index (χ3n) is 5.35. The van der Waals surface area contributed by atoms with Gasteiger partial charge in [0.15, 0.2) is 0 Å². The SMILES string of the molecule is Cc1cc(S(=O)(=O)N2CCOC(c3c(C(N)=O)sc4ccccc34)C2)ccc1C(F)(F)F. The largest absolute Gasteiger partial charge is 0.416 e. The lowest BCUT2D eigenvalue weighted by atomic mass is 10.0. The monoisotopic (exact) mass is 484 g/mol. The minimum absolute atomic E-state index is 0.0346. The van der Waals surface area contributed by atoms with E-state index in [1.54, 1.807) is 6.07 Å². The van der Waals surface area contributed by atoms with Gasteiger partial charge >= 0.3 is 6.18 Å². The molecule has 4 rings (SSSR count). The Balaban J connectivity index is 1.70. The normalized spacial score (nSPS) is 18.2. The van der Waals surface area contributed by atoms with Crippen molar-refractivity contribution < 1.29 is 31.1 Å². The van der Waals surface area contributed by atoms with E-state index in [1.807, 2.05) is 18.2 Å². The first kappa shape index (κ1) is 22.7. The van der Waals surface area contributed by atoms with E-state index >= 15 is 0 Å². The number of nitrogens with zero attached hydrogens (tertiary/aromatic N) is 1. The zero-order valence-electron chi connectivity index (χ0n) is 16.8. The number of halogens is 3. The molecule has 1 fully saturated rings. The molecule has 2 aromatic carbocycles. The maximum atomic E-state index is 13.2. The van der Waals surface area contributed by atoms with Gasteiger partial charge in [-0.05, 0) is 42.1 Å². The molecular weight excluding hydrogens is 465 g/mol. The topological polar surface area (TPSA) is 89.7 Å². The van der Waals surface area contributed by atoms with Crippen LogP contribution in [0.3, 0.4) is 0 Å². The average molecular weight is 485 g/mol. The van der Waals surface area contributed by atoms with E-state index in [4.69, 9.17) is 10.5 Å². The summed E-state index contributed by atoms with van der Waals surface area (Å²) in [5, 5.41) is 0.751. The number of benzene rings is 2. The molecular formula is C21H19F3N2O4S2. The highest BCUT2D eigenvalue weighted by Gasteiger charge is 2.36. The third kappa shape index (κ3) is 4.01. The lowest BCUT2D eigenvalue weighted by Gasteiger charge is -2.32. The second-order valence-electron chi connectivity index (χ2n) is 7.40. The summed E-state index contributed by atoms with van der Waals surface area (Å²) < 4.78 is 73.4. The molecule has 0 aliphatic carbocycles. The van der Waals surface area contributed by atoms with Crippen molar-refractivity contribution in [3.63, 3.8) is 0 Å². The number of hydrogen-bond acceptors (Lipinski definition) is 5. The van der Waals surface area contributed by atoms with Crippen LogP contribution < -0.4 is 5.73 Å². The maximum Gasteiger partial charge on any atom is 0.416 e. The number of ether oxygens (including phenoxy) is 1. The zero-order chi connectivity index (χ0) is 23.3. The molecule has 0 spiro atoms. The molecule has 11 heteroatoms. The molecule has 32 heavy (non-hydrogen) atoms. The number of alkyl halides is 3. The number of amides is 1. The minimum atomic E-state index is -4.57. The van der Waals surface area contributed by atoms with Crippen LogP contribution in [-0.2, 0) is 20.9 Å². The Hall–Kier alpha value is -2.47. The number of carbonyl (C=O) groups excluding carboxylic acids is 1. The van der Waals surface area contributed by atoms with Crippen molar-refractivity contribution in [1.82, 2.24) is 4.31 Å². The number of morpholine rings is 1. The summed E-state index contributed by atoms with van der Waals surface area (Å²) in [6.45, 7) is 1.22. The predicted octanol–water partition coefficient (Wildman–Crippen LogP) is 4.09. The van der Waals surface area contributed by atoms with Crippen LogP contribution in [0.5, 0.6) is 0 Å². The van der Waals surface area contributed by atoms with Gasteiger partial charge in [-0.1, -0.05) is 18.2 Å². The van der Waals surface area contributed by atoms with Gasteiger partial charge < -0.3 is 10.5 Å². The number of nitrogens with two attached hydrogens (primary N) is 1. The lowest BCUT2D eigenvalue weighted by molar-refractivity contribution is -0.138. The molecule has 1 saturated heterocycles. The van der Waals surface area contributed by atoms with Crippen LogP contribution in [0.2, 0.25) is 0 Å². The van der Waals surface area contributed by atoms with Gasteiger partial charge in [-0.3, -0.25) is 4.79 Å². The van der Waals surface area contributed by atoms with E-state index in [9.17, 15) is 26.4 Å². The highest BCUT2D eigenvalue weighted by atomic mass is 32.2. The van der Waals surface area contributed by atoms with Gasteiger partial charge in [0.05, 0.1) is 28.0 Å². The van der Waals surface area contributed by atoms with Gasteiger partial charge in [0.2, 0.25) is 10.0 Å². The molecule has 0 bridgehead atoms. The first-order valence-electron chi connectivity index (χ1n) is 9.61. The van der Waals surface area contributed by atoms with Crippen molar-refractivity contribution in [3.8, 4) is 0 Å². The van der Waals surface area contributed by atoms with Crippen molar-refractivity contribution >= 4 is 37.4 Å². The molecule has 0 radical (unpaired) electrons. The van der Waals surface area contributed by atoms with E-state index in [0.29, 0.717) is 10.4 Å². The summed E-state index contributed by atoms with van der Waals surface area (Å²) in [6.07, 6.45) is -5.31. The first-order chi connectivity index (χ1) is 15.0. The standard InChI is InChI=1S/C21H19F3N2O4S2/c1-12-10-13(6-7-15(12)21(22,23)24)32(28,29)26-8-9-30-16(11-26)18-14-4-2-3-5-17(14)31-19(18)20(25)27/h2-7,10,16H,8-9,11H2,1H3,(H2,25,27). The minimum Gasteiger partial charge on any atom is -0.371 e. The van der Waals surface area contributed by atoms with E-state index in [1.165, 1.54) is 22.6 Å². The van der Waals surface area contributed by atoms with E-state index in [0.717, 1.165) is 28.3 Å². The van der Waals surface area contributed by atoms with Crippen molar-refractivity contribution in [2.24, 2.45) is 5.73 Å². The van der Waals surface area contributed by atoms with Crippen LogP contribution in [-0.4, -0.2) is 38.3 Å². The molecule has 0 saturated carbocycles. The fourth-order valence-electron chi connectivity index (χ4n) is 3.85. The molecule has 3 aromatic rings. The number of fused-ring (bicyclic) bond motifs is 1. The number of primary amides is 1. The van der Waals surface area contributed by atoms with E-state index in [2.05, 4.69) is 0 Å². The third-order valence-corrected chi connectivity index (χ3v) is 8.41. The van der Waals surface area contributed by atoms with Gasteiger partial charge in [0.1, 0.15) is 0 Å². The molecule has 1 amide bonds. The summed E-state index contributed by atoms with van der Waals surface area (Å²) in [7, 11) is -4.08. The second-order valence-corrected chi connectivity index (χ2v) is 10.4. The fourth-order valence-corrected chi connectivity index (χ4v) is 6.47. The van der Waals surface area contributed by atoms with Crippen LogP contribution in [0, 0.1) is 6.92 Å². The molecule has 170 valence electrons. The quantitative estimate of drug-likeness (QED) is 0.604. The average Bonchev–Trinajstić information content (AvgIpc) is 3.13. The number of rotatable bonds is 4. The molecule has 1 unspecified atom stereocenters. The lowest BCUT2D eigenvalue weighted by Crippen LogP contribution is -2.42. The highest BCUT2D eigenvalue weighted by molar-refractivity contribution is 7.89. The van der Waals surface area contributed by atoms with Crippen molar-refractivity contribution in [2.75, 3.05) is 19.7 Å². The van der Waals surface area contributed by atoms with Crippen LogP contribution in [0.4, 0.5) is 13.2 Å². The van der Waals surface area contributed by atoms with Gasteiger partial charge in [0, 0.05) is 23.4 Å². The Labute approximate surface area is 186 Å². The van der Waals surface area contributed by atoms with Crippen LogP contribution in [0.25, 0.3) is 10.1 Å². The summed E-state index contributed by atoms with van der Waals surface area (Å²) in [4.78, 5) is 12.1. The van der Waals surface area contributed by atoms with Gasteiger partial charge in [0.25, 0.3) is 5.91 Å². The molecule has 1 atom stereocenters. The first-order valence-corrected chi connectivity index (χ1v) is 11.9. The molecule has 2 heterocycles. The molecule has 6 nitrogen and oxygen atoms in total. The van der Waals surface area contributed by atoms with Crippen LogP contribution in [0.15, 0.2) is 47.4 Å². The van der Waals surface area contributed by atoms with Crippen LogP contribution in [0.1, 0.15) is 32.5 Å². The van der Waals surface area contributed by atoms with E-state index < -0.39 is 33.8 Å². The summed E-state index contributed by atoms with van der Waals surface area (Å²) in [5.74, 6) is -0.636. The Morgan fingerprint density at radius 2 is 1.94 bits per heavy atom. The Bertz CT molecular complexity index is 1300. The number of sulfonamides is 1. The highest BCUT2D eigenvalue weighted by Crippen LogP contribution is 2.39. The number of hydrogen-bond donors (Lipinski definition) is 1. The molecule has 2 N–H and O–H groups in total. The maximum absolute atomic E-state index is 13.2. The number of carbonyl (C=O) groups is 1. The Morgan fingerprint density at radius 1 is 1.22 bits per heavy atom. The number of thiophene rings is 1. The summed E-state index contributed by atoms with van der Waals surface area (Å²) in [5.41, 5.74) is 5.02. The molecule has 1 aliphatic heterocycles. The van der Waals surface area contributed by atoms with E-state index in [-0.39, 0.29) is 30.2 Å². The fraction of sp³-hybridized carbons (Fsp3) is 0.286. The Morgan fingerprint density at radius 3 is 2.59 bits per heavy atom. The summed E-state index contributed by atoms with van der Waals surface area (Å²) >= 11 is 1.21. The van der Waals surface area contributed by atoms with Crippen molar-refractivity contribution in [2.45, 2.75) is 24.1 Å². The van der Waals surface area contributed by atoms with Crippen LogP contribution >= 0.6 is 11.3 Å². The number of aryl methyl sites for hydroxylation is 1. The molecule has 1 aliphatic rings. The van der Waals surface area contributed by atoms with Gasteiger partial charge in [-0.2, -0.15) is 17.5 Å².